The van der Waals surface area contributed by atoms with Crippen LogP contribution < -0.4 is 5.32 Å². The van der Waals surface area contributed by atoms with E-state index in [1.807, 2.05) is 13.0 Å². The quantitative estimate of drug-likeness (QED) is 0.430. The molecule has 0 aromatic rings. The Bertz CT molecular complexity index is 1340. The van der Waals surface area contributed by atoms with Gasteiger partial charge in [-0.25, -0.2) is 0 Å². The van der Waals surface area contributed by atoms with Gasteiger partial charge in [0.15, 0.2) is 11.6 Å². The highest BCUT2D eigenvalue weighted by molar-refractivity contribution is 6.05. The van der Waals surface area contributed by atoms with E-state index in [-0.39, 0.29) is 28.5 Å². The lowest BCUT2D eigenvalue weighted by atomic mass is 9.34. The smallest absolute Gasteiger partial charge is 0.395 e. The van der Waals surface area contributed by atoms with Crippen LogP contribution in [0.3, 0.4) is 0 Å². The highest BCUT2D eigenvalue weighted by Crippen LogP contribution is 2.74. The summed E-state index contributed by atoms with van der Waals surface area (Å²) in [7, 11) is 0. The molecule has 0 spiro atoms. The van der Waals surface area contributed by atoms with Crippen molar-refractivity contribution in [3.63, 3.8) is 0 Å². The van der Waals surface area contributed by atoms with Crippen molar-refractivity contribution in [2.75, 3.05) is 13.2 Å². The van der Waals surface area contributed by atoms with Crippen molar-refractivity contribution in [3.8, 4) is 6.07 Å². The summed E-state index contributed by atoms with van der Waals surface area (Å²) in [6, 6.07) is 2.04. The van der Waals surface area contributed by atoms with Gasteiger partial charge in [-0.1, -0.05) is 46.3 Å². The molecule has 230 valence electrons. The molecule has 0 aliphatic heterocycles. The molecule has 5 aliphatic carbocycles. The van der Waals surface area contributed by atoms with Crippen LogP contribution in [0.4, 0.5) is 13.2 Å². The number of aliphatic hydroxyl groups excluding tert-OH is 1. The van der Waals surface area contributed by atoms with Crippen LogP contribution in [0, 0.1) is 61.6 Å². The Morgan fingerprint density at radius 3 is 2.31 bits per heavy atom. The fourth-order valence-corrected chi connectivity index (χ4v) is 10.4. The van der Waals surface area contributed by atoms with Gasteiger partial charge in [-0.05, 0) is 86.0 Å². The van der Waals surface area contributed by atoms with Crippen LogP contribution in [-0.2, 0) is 14.4 Å². The number of allylic oxidation sites excluding steroid dienone is 4. The topological polar surface area (TPSA) is 107 Å². The molecule has 6 nitrogen and oxygen atoms in total. The highest BCUT2D eigenvalue weighted by Gasteiger charge is 2.71. The molecule has 2 N–H and O–H groups in total. The molecule has 3 fully saturated rings. The summed E-state index contributed by atoms with van der Waals surface area (Å²) in [6.45, 7) is 10.3. The molecule has 9 heteroatoms. The number of ketones is 2. The number of alkyl halides is 3. The van der Waals surface area contributed by atoms with E-state index in [0.29, 0.717) is 44.9 Å². The Morgan fingerprint density at radius 1 is 1.07 bits per heavy atom. The van der Waals surface area contributed by atoms with E-state index >= 15 is 0 Å². The van der Waals surface area contributed by atoms with Crippen LogP contribution in [0.2, 0.25) is 0 Å². The molecular weight excluding hydrogens is 545 g/mol. The zero-order chi connectivity index (χ0) is 31.3. The average Bonchev–Trinajstić information content (AvgIpc) is 2.90. The Hall–Kier alpha value is -2.47. The largest absolute Gasteiger partial charge is 0.405 e. The summed E-state index contributed by atoms with van der Waals surface area (Å²) < 4.78 is 39.4. The normalized spacial score (nSPS) is 44.4. The van der Waals surface area contributed by atoms with Crippen molar-refractivity contribution in [2.45, 2.75) is 92.7 Å². The average molecular weight is 589 g/mol. The van der Waals surface area contributed by atoms with Gasteiger partial charge in [0.2, 0.25) is 5.91 Å². The first-order chi connectivity index (χ1) is 19.2. The first kappa shape index (κ1) is 31.0. The molecule has 5 aliphatic rings. The number of nitrogens with one attached hydrogen (secondary N) is 1. The lowest BCUT2D eigenvalue weighted by Crippen LogP contribution is -2.67. The zero-order valence-electron chi connectivity index (χ0n) is 25.5. The van der Waals surface area contributed by atoms with E-state index in [1.54, 1.807) is 19.1 Å². The van der Waals surface area contributed by atoms with E-state index in [9.17, 15) is 37.9 Å². The van der Waals surface area contributed by atoms with E-state index < -0.39 is 64.1 Å². The molecule has 8 atom stereocenters. The second-order valence-electron chi connectivity index (χ2n) is 15.6. The number of hydrogen-bond acceptors (Lipinski definition) is 5. The van der Waals surface area contributed by atoms with Crippen LogP contribution in [0.1, 0.15) is 86.5 Å². The van der Waals surface area contributed by atoms with Crippen molar-refractivity contribution in [3.05, 3.63) is 23.3 Å². The first-order valence-corrected chi connectivity index (χ1v) is 15.1. The number of halogens is 3. The number of amides is 1. The number of aliphatic hydroxyl groups is 1. The molecule has 2 unspecified atom stereocenters. The van der Waals surface area contributed by atoms with Gasteiger partial charge in [-0.2, -0.15) is 18.4 Å². The maximum atomic E-state index is 14.5. The second-order valence-corrected chi connectivity index (χ2v) is 15.6. The van der Waals surface area contributed by atoms with Crippen LogP contribution in [0.5, 0.6) is 0 Å². The summed E-state index contributed by atoms with van der Waals surface area (Å²) in [5, 5.41) is 22.5. The Labute approximate surface area is 246 Å². The van der Waals surface area contributed by atoms with Crippen molar-refractivity contribution >= 4 is 17.5 Å². The Morgan fingerprint density at radius 2 is 1.71 bits per heavy atom. The summed E-state index contributed by atoms with van der Waals surface area (Å²) in [5.41, 5.74) is -3.48. The van der Waals surface area contributed by atoms with Gasteiger partial charge in [-0.3, -0.25) is 14.4 Å². The van der Waals surface area contributed by atoms with E-state index in [2.05, 4.69) is 33.0 Å². The van der Waals surface area contributed by atoms with Gasteiger partial charge < -0.3 is 10.4 Å². The number of hydrogen-bond donors (Lipinski definition) is 2. The number of carbonyl (C=O) groups is 3. The predicted octanol–water partition coefficient (Wildman–Crippen LogP) is 5.86. The second kappa shape index (κ2) is 9.27. The zero-order valence-corrected chi connectivity index (χ0v) is 25.5. The van der Waals surface area contributed by atoms with Crippen LogP contribution in [-0.4, -0.2) is 41.9 Å². The minimum Gasteiger partial charge on any atom is -0.395 e. The highest BCUT2D eigenvalue weighted by atomic mass is 19.4. The Kier molecular flexibility index (Phi) is 6.83. The monoisotopic (exact) mass is 588 g/mol. The van der Waals surface area contributed by atoms with Crippen LogP contribution in [0.15, 0.2) is 23.3 Å². The summed E-state index contributed by atoms with van der Waals surface area (Å²) >= 11 is 0. The summed E-state index contributed by atoms with van der Waals surface area (Å²) in [5.74, 6) is -2.38. The third-order valence-corrected chi connectivity index (χ3v) is 12.9. The van der Waals surface area contributed by atoms with Gasteiger partial charge in [-0.15, -0.1) is 0 Å². The lowest BCUT2D eigenvalue weighted by molar-refractivity contribution is -0.181. The van der Waals surface area contributed by atoms with E-state index in [4.69, 9.17) is 0 Å². The molecule has 0 heterocycles. The van der Waals surface area contributed by atoms with Crippen molar-refractivity contribution < 1.29 is 32.7 Å². The standard InChI is InChI=1S/C33H43F3N2O4/c1-27(2)9-11-32(26(42)38-17-33(34,35)36)12-10-31(6)24(20(32)15-27)21(40)13-23-28(3)14-19(16-37)25(41)29(4,18-39)22(28)7-8-30(23,31)5/h13-14,20,22,24,39H,7-12,15,17-18H2,1-6H3,(H,38,42)/t20?,22?,24-,28+,29+,30-,31-,32+/m1/s1. The van der Waals surface area contributed by atoms with Crippen LogP contribution >= 0.6 is 0 Å². The minimum atomic E-state index is -4.53. The van der Waals surface area contributed by atoms with Crippen molar-refractivity contribution in [1.29, 1.82) is 5.26 Å². The molecule has 0 radical (unpaired) electrons. The number of Topliss-reactive ketones (excluding diaryl/α,β-unsaturated/α-hetero) is 1. The van der Waals surface area contributed by atoms with Crippen molar-refractivity contribution in [1.82, 2.24) is 5.32 Å². The number of rotatable bonds is 3. The molecule has 42 heavy (non-hydrogen) atoms. The lowest BCUT2D eigenvalue weighted by Gasteiger charge is -2.69. The number of nitrogens with zero attached hydrogens (tertiary/aromatic N) is 1. The molecular formula is C33H43F3N2O4. The molecule has 1 amide bonds. The molecule has 0 saturated heterocycles. The maximum absolute atomic E-state index is 14.5. The molecule has 0 aromatic heterocycles. The number of carbonyl (C=O) groups excluding carboxylic acids is 3. The van der Waals surface area contributed by atoms with Gasteiger partial charge in [0, 0.05) is 11.3 Å². The molecule has 0 aromatic carbocycles. The van der Waals surface area contributed by atoms with Gasteiger partial charge in [0.25, 0.3) is 0 Å². The van der Waals surface area contributed by atoms with Gasteiger partial charge >= 0.3 is 6.18 Å². The first-order valence-electron chi connectivity index (χ1n) is 15.1. The van der Waals surface area contributed by atoms with Gasteiger partial charge in [0.05, 0.1) is 23.0 Å². The third-order valence-electron chi connectivity index (χ3n) is 12.9. The van der Waals surface area contributed by atoms with E-state index in [0.717, 1.165) is 5.57 Å². The Balaban J connectivity index is 1.65. The summed E-state index contributed by atoms with van der Waals surface area (Å²) in [6.07, 6.45) is 2.70. The molecule has 3 saturated carbocycles. The SMILES string of the molecule is CC1(C)CC[C@]2(C(=O)NCC(F)(F)F)CC[C@]3(C)[C@@H](C(=O)C=C4[C@@]5(C)C=C(C#N)C(=O)[C@@](C)(CO)C5CC[C@]43C)C2C1. The molecule has 0 bridgehead atoms. The molecule has 5 rings (SSSR count). The minimum absolute atomic E-state index is 0.00629. The van der Waals surface area contributed by atoms with Gasteiger partial charge in [0.1, 0.15) is 12.6 Å². The van der Waals surface area contributed by atoms with Crippen LogP contribution in [0.25, 0.3) is 0 Å². The number of fused-ring (bicyclic) bond motifs is 7. The maximum Gasteiger partial charge on any atom is 0.405 e. The summed E-state index contributed by atoms with van der Waals surface area (Å²) in [4.78, 5) is 41.4. The fourth-order valence-electron chi connectivity index (χ4n) is 10.4. The predicted molar refractivity (Wildman–Crippen MR) is 149 cm³/mol. The fraction of sp³-hybridized carbons (Fsp3) is 0.758. The van der Waals surface area contributed by atoms with E-state index in [1.165, 1.54) is 0 Å². The third kappa shape index (κ3) is 4.03. The number of nitriles is 1. The van der Waals surface area contributed by atoms with Crippen molar-refractivity contribution in [2.24, 2.45) is 50.2 Å².